The second-order valence-electron chi connectivity index (χ2n) is 8.25. The van der Waals surface area contributed by atoms with E-state index in [1.165, 1.54) is 12.1 Å². The van der Waals surface area contributed by atoms with Crippen LogP contribution < -0.4 is 10.6 Å². The van der Waals surface area contributed by atoms with Gasteiger partial charge in [0, 0.05) is 5.39 Å². The third-order valence-corrected chi connectivity index (χ3v) is 5.81. The van der Waals surface area contributed by atoms with Crippen LogP contribution in [0.5, 0.6) is 0 Å². The van der Waals surface area contributed by atoms with Crippen molar-refractivity contribution in [3.8, 4) is 11.5 Å². The highest BCUT2D eigenvalue weighted by Gasteiger charge is 2.42. The molecule has 0 radical (unpaired) electrons. The van der Waals surface area contributed by atoms with Gasteiger partial charge in [0.1, 0.15) is 11.1 Å². The summed E-state index contributed by atoms with van der Waals surface area (Å²) in [6.07, 6.45) is -5.30. The average Bonchev–Trinajstić information content (AvgIpc) is 3.64. The molecule has 0 atom stereocenters. The zero-order chi connectivity index (χ0) is 28.4. The number of nitrogens with zero attached hydrogens (tertiary/aromatic N) is 8. The number of rotatable bonds is 4. The fraction of sp³-hybridized carbons (Fsp3) is 0.0909. The summed E-state index contributed by atoms with van der Waals surface area (Å²) in [4.78, 5) is 29.3. The summed E-state index contributed by atoms with van der Waals surface area (Å²) < 4.78 is 84.3. The van der Waals surface area contributed by atoms with Crippen molar-refractivity contribution in [1.82, 2.24) is 40.0 Å². The number of carbonyl (C=O) groups is 2. The molecule has 5 aromatic rings. The second kappa shape index (κ2) is 8.55. The Labute approximate surface area is 216 Å². The van der Waals surface area contributed by atoms with Crippen molar-refractivity contribution >= 4 is 34.1 Å². The lowest BCUT2D eigenvalue weighted by Crippen LogP contribution is -2.21. The van der Waals surface area contributed by atoms with E-state index in [1.807, 2.05) is 5.32 Å². The first-order chi connectivity index (χ1) is 18.9. The van der Waals surface area contributed by atoms with Gasteiger partial charge in [-0.1, -0.05) is 0 Å². The highest BCUT2D eigenvalue weighted by atomic mass is 19.4. The summed E-state index contributed by atoms with van der Waals surface area (Å²) >= 11 is 0. The van der Waals surface area contributed by atoms with Crippen molar-refractivity contribution in [2.75, 3.05) is 10.6 Å². The predicted molar refractivity (Wildman–Crippen MR) is 122 cm³/mol. The van der Waals surface area contributed by atoms with Crippen molar-refractivity contribution in [1.29, 1.82) is 0 Å². The summed E-state index contributed by atoms with van der Waals surface area (Å²) in [5.74, 6) is -2.64. The van der Waals surface area contributed by atoms with E-state index in [9.17, 15) is 35.9 Å². The maximum Gasteiger partial charge on any atom is 0.434 e. The van der Waals surface area contributed by atoms with Crippen LogP contribution in [-0.4, -0.2) is 51.8 Å². The van der Waals surface area contributed by atoms with Gasteiger partial charge in [-0.2, -0.15) is 46.7 Å². The van der Waals surface area contributed by atoms with E-state index in [2.05, 4.69) is 35.8 Å². The molecule has 0 fully saturated rings. The molecule has 5 heterocycles. The number of anilines is 2. The Morgan fingerprint density at radius 3 is 2.40 bits per heavy atom. The topological polar surface area (TPSA) is 145 Å². The van der Waals surface area contributed by atoms with Crippen LogP contribution in [0.3, 0.4) is 0 Å². The minimum Gasteiger partial charge on any atom is -0.321 e. The van der Waals surface area contributed by atoms with Gasteiger partial charge in [-0.3, -0.25) is 9.59 Å². The number of carbonyl (C=O) groups excluding carboxylic acids is 2. The Balaban J connectivity index is 1.42. The summed E-state index contributed by atoms with van der Waals surface area (Å²) in [7, 11) is 0. The normalized spacial score (nSPS) is 13.1. The Bertz CT molecular complexity index is 1830. The monoisotopic (exact) mass is 560 g/mol. The quantitative estimate of drug-likeness (QED) is 0.317. The Morgan fingerprint density at radius 2 is 1.70 bits per heavy atom. The number of amides is 2. The molecule has 1 aromatic carbocycles. The molecule has 0 unspecified atom stereocenters. The average molecular weight is 560 g/mol. The van der Waals surface area contributed by atoms with Crippen LogP contribution in [-0.2, 0) is 12.4 Å². The molecule has 2 N–H and O–H groups in total. The van der Waals surface area contributed by atoms with E-state index in [-0.39, 0.29) is 22.2 Å². The van der Waals surface area contributed by atoms with Gasteiger partial charge >= 0.3 is 12.4 Å². The molecule has 2 amide bonds. The standard InChI is InChI=1S/C22H10F6N10O2/c23-21(24,25)12-5-9(6-29-18(12)38-31-3-4-32-38)34-20(40)11-8-33-37(17(11)22(26,27)28)14-2-1-13-15-10(19(39)35-13)7-30-36-16(14)15/h1-8H,(H,34,40)(H,35,39). The number of aromatic nitrogens is 8. The second-order valence-corrected chi connectivity index (χ2v) is 8.25. The number of alkyl halides is 6. The number of benzene rings is 1. The van der Waals surface area contributed by atoms with E-state index >= 15 is 0 Å². The van der Waals surface area contributed by atoms with Crippen molar-refractivity contribution < 1.29 is 35.9 Å². The lowest BCUT2D eigenvalue weighted by molar-refractivity contribution is -0.143. The van der Waals surface area contributed by atoms with Gasteiger partial charge in [-0.15, -0.1) is 9.90 Å². The highest BCUT2D eigenvalue weighted by molar-refractivity contribution is 6.24. The highest BCUT2D eigenvalue weighted by Crippen LogP contribution is 2.39. The summed E-state index contributed by atoms with van der Waals surface area (Å²) in [6, 6.07) is 3.03. The largest absolute Gasteiger partial charge is 0.434 e. The Hall–Kier alpha value is -5.42. The van der Waals surface area contributed by atoms with E-state index < -0.39 is 52.5 Å². The minimum atomic E-state index is -5.15. The fourth-order valence-corrected chi connectivity index (χ4v) is 4.19. The number of halogens is 6. The molecule has 0 saturated carbocycles. The lowest BCUT2D eigenvalue weighted by atomic mass is 10.1. The van der Waals surface area contributed by atoms with Gasteiger partial charge in [0.25, 0.3) is 11.8 Å². The molecule has 1 aliphatic rings. The molecule has 40 heavy (non-hydrogen) atoms. The first-order valence-electron chi connectivity index (χ1n) is 10.9. The van der Waals surface area contributed by atoms with Gasteiger partial charge in [0.15, 0.2) is 11.5 Å². The van der Waals surface area contributed by atoms with Crippen molar-refractivity contribution in [3.05, 3.63) is 71.6 Å². The molecule has 4 aromatic heterocycles. The van der Waals surface area contributed by atoms with Crippen molar-refractivity contribution in [2.45, 2.75) is 12.4 Å². The van der Waals surface area contributed by atoms with Crippen molar-refractivity contribution in [3.63, 3.8) is 0 Å². The van der Waals surface area contributed by atoms with Crippen LogP contribution >= 0.6 is 0 Å². The first kappa shape index (κ1) is 24.9. The Kier molecular flexibility index (Phi) is 5.32. The van der Waals surface area contributed by atoms with E-state index in [0.29, 0.717) is 27.4 Å². The maximum atomic E-state index is 14.3. The first-order valence-corrected chi connectivity index (χ1v) is 10.9. The molecule has 0 aliphatic carbocycles. The molecular weight excluding hydrogens is 550 g/mol. The minimum absolute atomic E-state index is 0.0854. The maximum absolute atomic E-state index is 14.3. The third kappa shape index (κ3) is 3.96. The predicted octanol–water partition coefficient (Wildman–Crippen LogP) is 3.65. The summed E-state index contributed by atoms with van der Waals surface area (Å²) in [6.45, 7) is 0. The number of nitrogens with one attached hydrogen (secondary N) is 2. The van der Waals surface area contributed by atoms with Crippen LogP contribution in [0, 0.1) is 0 Å². The van der Waals surface area contributed by atoms with Crippen LogP contribution in [0.2, 0.25) is 0 Å². The van der Waals surface area contributed by atoms with Gasteiger partial charge in [0.05, 0.1) is 59.2 Å². The lowest BCUT2D eigenvalue weighted by Gasteiger charge is -2.15. The van der Waals surface area contributed by atoms with Crippen LogP contribution in [0.15, 0.2) is 49.2 Å². The number of pyridine rings is 1. The smallest absolute Gasteiger partial charge is 0.321 e. The Morgan fingerprint density at radius 1 is 0.950 bits per heavy atom. The molecule has 1 aliphatic heterocycles. The van der Waals surface area contributed by atoms with Gasteiger partial charge < -0.3 is 10.6 Å². The molecule has 202 valence electrons. The van der Waals surface area contributed by atoms with Gasteiger partial charge in [-0.05, 0) is 18.2 Å². The molecule has 0 bridgehead atoms. The number of hydrogen-bond donors (Lipinski definition) is 2. The molecule has 12 nitrogen and oxygen atoms in total. The number of hydrogen-bond acceptors (Lipinski definition) is 8. The van der Waals surface area contributed by atoms with Gasteiger partial charge in [0.2, 0.25) is 0 Å². The molecular formula is C22H10F6N10O2. The van der Waals surface area contributed by atoms with Crippen LogP contribution in [0.1, 0.15) is 32.0 Å². The fourth-order valence-electron chi connectivity index (χ4n) is 4.19. The van der Waals surface area contributed by atoms with Crippen LogP contribution in [0.25, 0.3) is 22.4 Å². The summed E-state index contributed by atoms with van der Waals surface area (Å²) in [5, 5.41) is 23.2. The van der Waals surface area contributed by atoms with Crippen LogP contribution in [0.4, 0.5) is 37.7 Å². The zero-order valence-corrected chi connectivity index (χ0v) is 19.3. The van der Waals surface area contributed by atoms with E-state index in [1.54, 1.807) is 0 Å². The molecule has 6 rings (SSSR count). The van der Waals surface area contributed by atoms with E-state index in [0.717, 1.165) is 24.8 Å². The molecule has 18 heteroatoms. The third-order valence-electron chi connectivity index (χ3n) is 5.81. The molecule has 0 saturated heterocycles. The van der Waals surface area contributed by atoms with E-state index in [4.69, 9.17) is 0 Å². The van der Waals surface area contributed by atoms with Gasteiger partial charge in [-0.25, -0.2) is 9.67 Å². The zero-order valence-electron chi connectivity index (χ0n) is 19.3. The summed E-state index contributed by atoms with van der Waals surface area (Å²) in [5.41, 5.74) is -4.38. The molecule has 0 spiro atoms. The SMILES string of the molecule is O=C(Nc1cnc(-n2nccn2)c(C(F)(F)F)c1)c1cnn(-c2ccc3c4c(cnnc24)C(=O)N3)c1C(F)(F)F. The van der Waals surface area contributed by atoms with Crippen molar-refractivity contribution in [2.24, 2.45) is 0 Å².